The summed E-state index contributed by atoms with van der Waals surface area (Å²) in [5.41, 5.74) is -0.167. The van der Waals surface area contributed by atoms with Crippen molar-refractivity contribution >= 4 is 24.5 Å². The highest BCUT2D eigenvalue weighted by Gasteiger charge is 2.24. The van der Waals surface area contributed by atoms with Crippen molar-refractivity contribution in [2.24, 2.45) is 0 Å². The second kappa shape index (κ2) is 10.1. The van der Waals surface area contributed by atoms with E-state index in [1.54, 1.807) is 0 Å². The van der Waals surface area contributed by atoms with Crippen LogP contribution in [0, 0.1) is 0 Å². The first-order valence-corrected chi connectivity index (χ1v) is 10.7. The predicted molar refractivity (Wildman–Crippen MR) is 125 cm³/mol. The molecule has 0 spiro atoms. The van der Waals surface area contributed by atoms with Gasteiger partial charge in [-0.2, -0.15) is 0 Å². The van der Waals surface area contributed by atoms with Crippen molar-refractivity contribution in [1.29, 1.82) is 0 Å². The van der Waals surface area contributed by atoms with E-state index in [1.165, 1.54) is 24.3 Å². The molecule has 0 aliphatic rings. The molecule has 0 fully saturated rings. The molecule has 0 heterocycles. The van der Waals surface area contributed by atoms with Gasteiger partial charge in [0.25, 0.3) is 0 Å². The number of phenolic OH excluding ortho intramolecular Hbond substituents is 2. The molecule has 0 saturated carbocycles. The summed E-state index contributed by atoms with van der Waals surface area (Å²) in [6.07, 6.45) is 0.337. The van der Waals surface area contributed by atoms with Gasteiger partial charge >= 0.3 is 11.9 Å². The molecule has 34 heavy (non-hydrogen) atoms. The van der Waals surface area contributed by atoms with Crippen LogP contribution in [0.5, 0.6) is 23.0 Å². The Bertz CT molecular complexity index is 1030. The largest absolute Gasteiger partial charge is 0.507 e. The van der Waals surface area contributed by atoms with Crippen LogP contribution in [0.2, 0.25) is 0 Å². The highest BCUT2D eigenvalue weighted by atomic mass is 16.5. The standard InChI is InChI=1S/C26H30O8/c1-25(2,3)19-11-17(9-15(13-27)23(19)31)33-21(29)7-8-22(30)34-18-10-16(14-28)24(32)20(12-18)26(4,5)6/h9-14,31-32H,7-8H2,1-6H3. The maximum Gasteiger partial charge on any atom is 0.311 e. The minimum absolute atomic E-state index is 0.0115. The predicted octanol–water partition coefficient (Wildman–Crippen LogP) is 4.61. The van der Waals surface area contributed by atoms with Gasteiger partial charge in [-0.25, -0.2) is 0 Å². The third-order valence-electron chi connectivity index (χ3n) is 5.09. The minimum atomic E-state index is -0.728. The van der Waals surface area contributed by atoms with E-state index >= 15 is 0 Å². The number of hydrogen-bond donors (Lipinski definition) is 2. The fraction of sp³-hybridized carbons (Fsp3) is 0.385. The lowest BCUT2D eigenvalue weighted by Crippen LogP contribution is -2.16. The zero-order valence-electron chi connectivity index (χ0n) is 20.2. The van der Waals surface area contributed by atoms with Crippen molar-refractivity contribution in [3.05, 3.63) is 46.5 Å². The van der Waals surface area contributed by atoms with Gasteiger partial charge in [0, 0.05) is 11.1 Å². The average Bonchev–Trinajstić information content (AvgIpc) is 2.72. The molecule has 0 atom stereocenters. The summed E-state index contributed by atoms with van der Waals surface area (Å²) in [5.74, 6) is -1.66. The Kier molecular flexibility index (Phi) is 7.87. The second-order valence-electron chi connectivity index (χ2n) is 10.0. The van der Waals surface area contributed by atoms with Crippen molar-refractivity contribution in [2.45, 2.75) is 65.2 Å². The van der Waals surface area contributed by atoms with Crippen LogP contribution in [-0.4, -0.2) is 34.7 Å². The number of benzene rings is 2. The first kappa shape index (κ1) is 26.6. The first-order valence-electron chi connectivity index (χ1n) is 10.7. The zero-order chi connectivity index (χ0) is 25.8. The highest BCUT2D eigenvalue weighted by Crippen LogP contribution is 2.37. The number of carbonyl (C=O) groups is 4. The Labute approximate surface area is 198 Å². The molecule has 0 amide bonds. The highest BCUT2D eigenvalue weighted by molar-refractivity contribution is 5.84. The summed E-state index contributed by atoms with van der Waals surface area (Å²) in [6.45, 7) is 11.0. The second-order valence-corrected chi connectivity index (χ2v) is 10.0. The van der Waals surface area contributed by atoms with Gasteiger partial charge < -0.3 is 19.7 Å². The Morgan fingerprint density at radius 2 is 1.03 bits per heavy atom. The molecule has 2 aromatic rings. The molecule has 2 N–H and O–H groups in total. The summed E-state index contributed by atoms with van der Waals surface area (Å²) in [4.78, 5) is 47.1. The van der Waals surface area contributed by atoms with E-state index in [9.17, 15) is 29.4 Å². The molecule has 0 aromatic heterocycles. The quantitative estimate of drug-likeness (QED) is 0.341. The number of ether oxygens (including phenoxy) is 2. The maximum absolute atomic E-state index is 12.3. The van der Waals surface area contributed by atoms with Gasteiger partial charge in [0.2, 0.25) is 0 Å². The number of phenols is 2. The van der Waals surface area contributed by atoms with Crippen LogP contribution in [-0.2, 0) is 20.4 Å². The van der Waals surface area contributed by atoms with E-state index in [2.05, 4.69) is 0 Å². The van der Waals surface area contributed by atoms with Crippen LogP contribution >= 0.6 is 0 Å². The molecular formula is C26H30O8. The molecule has 2 aromatic carbocycles. The topological polar surface area (TPSA) is 127 Å². The van der Waals surface area contributed by atoms with E-state index in [0.29, 0.717) is 23.7 Å². The van der Waals surface area contributed by atoms with Crippen molar-refractivity contribution < 1.29 is 38.9 Å². The van der Waals surface area contributed by atoms with Crippen LogP contribution in [0.15, 0.2) is 24.3 Å². The third-order valence-corrected chi connectivity index (χ3v) is 5.09. The van der Waals surface area contributed by atoms with Crippen molar-refractivity contribution in [2.75, 3.05) is 0 Å². The molecule has 182 valence electrons. The number of hydrogen-bond acceptors (Lipinski definition) is 8. The lowest BCUT2D eigenvalue weighted by molar-refractivity contribution is -0.140. The van der Waals surface area contributed by atoms with E-state index in [4.69, 9.17) is 9.47 Å². The molecule has 0 bridgehead atoms. The number of carbonyl (C=O) groups excluding carboxylic acids is 4. The van der Waals surface area contributed by atoms with Crippen molar-refractivity contribution in [1.82, 2.24) is 0 Å². The van der Waals surface area contributed by atoms with E-state index in [1.807, 2.05) is 41.5 Å². The molecular weight excluding hydrogens is 440 g/mol. The van der Waals surface area contributed by atoms with Crippen molar-refractivity contribution in [3.8, 4) is 23.0 Å². The minimum Gasteiger partial charge on any atom is -0.507 e. The van der Waals surface area contributed by atoms with Crippen LogP contribution in [0.4, 0.5) is 0 Å². The summed E-state index contributed by atoms with van der Waals surface area (Å²) >= 11 is 0. The molecule has 0 radical (unpaired) electrons. The Morgan fingerprint density at radius 1 is 0.706 bits per heavy atom. The van der Waals surface area contributed by atoms with Gasteiger partial charge in [0.15, 0.2) is 12.6 Å². The van der Waals surface area contributed by atoms with Crippen LogP contribution in [0.3, 0.4) is 0 Å². The summed E-state index contributed by atoms with van der Waals surface area (Å²) in [7, 11) is 0. The number of esters is 2. The van der Waals surface area contributed by atoms with Crippen LogP contribution < -0.4 is 9.47 Å². The van der Waals surface area contributed by atoms with Crippen LogP contribution in [0.1, 0.15) is 86.2 Å². The summed E-state index contributed by atoms with van der Waals surface area (Å²) in [6, 6.07) is 5.45. The van der Waals surface area contributed by atoms with Gasteiger partial charge in [0.05, 0.1) is 24.0 Å². The van der Waals surface area contributed by atoms with Crippen molar-refractivity contribution in [3.63, 3.8) is 0 Å². The number of aromatic hydroxyl groups is 2. The third kappa shape index (κ3) is 6.43. The fourth-order valence-corrected chi connectivity index (χ4v) is 3.27. The van der Waals surface area contributed by atoms with E-state index < -0.39 is 22.8 Å². The maximum atomic E-state index is 12.3. The molecule has 2 rings (SSSR count). The number of rotatable bonds is 7. The summed E-state index contributed by atoms with van der Waals surface area (Å²) in [5, 5.41) is 20.5. The monoisotopic (exact) mass is 470 g/mol. The Hall–Kier alpha value is -3.68. The summed E-state index contributed by atoms with van der Waals surface area (Å²) < 4.78 is 10.5. The van der Waals surface area contributed by atoms with Gasteiger partial charge in [-0.3, -0.25) is 19.2 Å². The molecule has 0 saturated heterocycles. The van der Waals surface area contributed by atoms with Gasteiger partial charge in [-0.05, 0) is 35.1 Å². The Morgan fingerprint density at radius 3 is 1.29 bits per heavy atom. The van der Waals surface area contributed by atoms with Gasteiger partial charge in [0.1, 0.15) is 23.0 Å². The molecule has 0 aliphatic carbocycles. The van der Waals surface area contributed by atoms with E-state index in [-0.39, 0.29) is 47.0 Å². The van der Waals surface area contributed by atoms with Gasteiger partial charge in [-0.15, -0.1) is 0 Å². The van der Waals surface area contributed by atoms with Crippen LogP contribution in [0.25, 0.3) is 0 Å². The lowest BCUT2D eigenvalue weighted by Gasteiger charge is -2.22. The average molecular weight is 471 g/mol. The lowest BCUT2D eigenvalue weighted by atomic mass is 9.85. The Balaban J connectivity index is 2.10. The molecule has 8 heteroatoms. The SMILES string of the molecule is CC(C)(C)c1cc(OC(=O)CCC(=O)Oc2cc(C=O)c(O)c(C(C)(C)C)c2)cc(C=O)c1O. The fourth-order valence-electron chi connectivity index (χ4n) is 3.27. The molecule has 8 nitrogen and oxygen atoms in total. The zero-order valence-corrected chi connectivity index (χ0v) is 20.2. The van der Waals surface area contributed by atoms with Gasteiger partial charge in [-0.1, -0.05) is 41.5 Å². The smallest absolute Gasteiger partial charge is 0.311 e. The molecule has 0 unspecified atom stereocenters. The van der Waals surface area contributed by atoms with E-state index in [0.717, 1.165) is 0 Å². The number of aldehydes is 2. The first-order chi connectivity index (χ1) is 15.7. The normalized spacial score (nSPS) is 11.6. The molecule has 0 aliphatic heterocycles.